The van der Waals surface area contributed by atoms with Crippen molar-refractivity contribution in [3.63, 3.8) is 0 Å². The number of fused-ring (bicyclic) bond motifs is 2. The molecule has 122 valence electrons. The highest BCUT2D eigenvalue weighted by atomic mass is 32.1. The van der Waals surface area contributed by atoms with E-state index in [0.29, 0.717) is 17.2 Å². The summed E-state index contributed by atoms with van der Waals surface area (Å²) in [4.78, 5) is 13.8. The molecule has 7 heteroatoms. The summed E-state index contributed by atoms with van der Waals surface area (Å²) in [6.07, 6.45) is 0. The van der Waals surface area contributed by atoms with E-state index in [2.05, 4.69) is 15.5 Å². The van der Waals surface area contributed by atoms with Gasteiger partial charge >= 0.3 is 0 Å². The van der Waals surface area contributed by atoms with Crippen molar-refractivity contribution in [2.24, 2.45) is 0 Å². The van der Waals surface area contributed by atoms with Crippen molar-refractivity contribution in [2.75, 3.05) is 6.79 Å². The van der Waals surface area contributed by atoms with Crippen LogP contribution in [0.4, 0.5) is 0 Å². The van der Waals surface area contributed by atoms with Crippen molar-refractivity contribution < 1.29 is 14.3 Å². The third kappa shape index (κ3) is 2.56. The summed E-state index contributed by atoms with van der Waals surface area (Å²) < 4.78 is 10.6. The van der Waals surface area contributed by atoms with E-state index in [-0.39, 0.29) is 12.7 Å². The molecule has 1 aliphatic heterocycles. The van der Waals surface area contributed by atoms with Gasteiger partial charge in [0.15, 0.2) is 11.5 Å². The molecule has 24 heavy (non-hydrogen) atoms. The molecule has 3 aromatic rings. The minimum Gasteiger partial charge on any atom is -0.454 e. The smallest absolute Gasteiger partial charge is 0.261 e. The average molecular weight is 341 g/mol. The number of nitrogens with zero attached hydrogens (tertiary/aromatic N) is 2. The van der Waals surface area contributed by atoms with E-state index in [1.807, 2.05) is 38.1 Å². The number of aryl methyl sites for hydroxylation is 2. The second kappa shape index (κ2) is 5.76. The number of rotatable bonds is 3. The van der Waals surface area contributed by atoms with E-state index in [1.54, 1.807) is 0 Å². The van der Waals surface area contributed by atoms with Gasteiger partial charge in [-0.05, 0) is 43.2 Å². The molecule has 0 radical (unpaired) electrons. The van der Waals surface area contributed by atoms with Gasteiger partial charge in [-0.1, -0.05) is 6.07 Å². The van der Waals surface area contributed by atoms with Crippen LogP contribution in [0.1, 0.15) is 26.5 Å². The SMILES string of the molecule is Cc1nnc2sc(C(=O)NCc3ccc4c(c3)OCO4)cc2c1C. The van der Waals surface area contributed by atoms with Crippen molar-refractivity contribution in [1.82, 2.24) is 15.5 Å². The van der Waals surface area contributed by atoms with Crippen molar-refractivity contribution in [2.45, 2.75) is 20.4 Å². The van der Waals surface area contributed by atoms with Crippen LogP contribution < -0.4 is 14.8 Å². The van der Waals surface area contributed by atoms with Crippen LogP contribution in [0.15, 0.2) is 24.3 Å². The van der Waals surface area contributed by atoms with E-state index in [0.717, 1.165) is 32.8 Å². The number of carbonyl (C=O) groups excluding carboxylic acids is 1. The van der Waals surface area contributed by atoms with E-state index >= 15 is 0 Å². The van der Waals surface area contributed by atoms with Crippen molar-refractivity contribution in [3.8, 4) is 11.5 Å². The molecule has 1 amide bonds. The Morgan fingerprint density at radius 1 is 1.21 bits per heavy atom. The van der Waals surface area contributed by atoms with E-state index in [1.165, 1.54) is 11.3 Å². The normalized spacial score (nSPS) is 12.6. The predicted octanol–water partition coefficient (Wildman–Crippen LogP) is 2.97. The van der Waals surface area contributed by atoms with Gasteiger partial charge in [-0.25, -0.2) is 0 Å². The van der Waals surface area contributed by atoms with Gasteiger partial charge in [0, 0.05) is 11.9 Å². The lowest BCUT2D eigenvalue weighted by atomic mass is 10.1. The quantitative estimate of drug-likeness (QED) is 0.793. The molecule has 0 aliphatic carbocycles. The van der Waals surface area contributed by atoms with Gasteiger partial charge in [-0.2, -0.15) is 5.10 Å². The van der Waals surface area contributed by atoms with E-state index in [9.17, 15) is 4.79 Å². The molecule has 0 saturated heterocycles. The molecule has 1 aliphatic rings. The monoisotopic (exact) mass is 341 g/mol. The van der Waals surface area contributed by atoms with Crippen molar-refractivity contribution >= 4 is 27.5 Å². The number of amides is 1. The Hall–Kier alpha value is -2.67. The van der Waals surface area contributed by atoms with E-state index in [4.69, 9.17) is 9.47 Å². The molecule has 0 spiro atoms. The van der Waals surface area contributed by atoms with Crippen molar-refractivity contribution in [1.29, 1.82) is 0 Å². The Morgan fingerprint density at radius 3 is 2.92 bits per heavy atom. The zero-order chi connectivity index (χ0) is 16.7. The first kappa shape index (κ1) is 14.9. The van der Waals surface area contributed by atoms with Gasteiger partial charge in [-0.15, -0.1) is 16.4 Å². The molecule has 6 nitrogen and oxygen atoms in total. The van der Waals surface area contributed by atoms with Crippen LogP contribution in [0.2, 0.25) is 0 Å². The molecule has 1 aromatic carbocycles. The summed E-state index contributed by atoms with van der Waals surface area (Å²) in [5.41, 5.74) is 2.90. The van der Waals surface area contributed by atoms with Crippen LogP contribution in [0.25, 0.3) is 10.2 Å². The van der Waals surface area contributed by atoms with Gasteiger partial charge in [-0.3, -0.25) is 4.79 Å². The number of hydrogen-bond acceptors (Lipinski definition) is 6. The van der Waals surface area contributed by atoms with Crippen LogP contribution >= 0.6 is 11.3 Å². The maximum Gasteiger partial charge on any atom is 0.261 e. The number of ether oxygens (including phenoxy) is 2. The minimum absolute atomic E-state index is 0.118. The lowest BCUT2D eigenvalue weighted by Gasteiger charge is -2.04. The molecule has 0 unspecified atom stereocenters. The second-order valence-electron chi connectivity index (χ2n) is 5.61. The number of aromatic nitrogens is 2. The fraction of sp³-hybridized carbons (Fsp3) is 0.235. The zero-order valence-corrected chi connectivity index (χ0v) is 14.1. The third-order valence-electron chi connectivity index (χ3n) is 4.06. The number of hydrogen-bond donors (Lipinski definition) is 1. The summed E-state index contributed by atoms with van der Waals surface area (Å²) in [5, 5.41) is 12.2. The summed E-state index contributed by atoms with van der Waals surface area (Å²) in [6.45, 7) is 4.58. The number of nitrogens with one attached hydrogen (secondary N) is 1. The zero-order valence-electron chi connectivity index (χ0n) is 13.3. The van der Waals surface area contributed by atoms with Crippen molar-refractivity contribution in [3.05, 3.63) is 46.0 Å². The molecular formula is C17H15N3O3S. The largest absolute Gasteiger partial charge is 0.454 e. The standard InChI is InChI=1S/C17H15N3O3S/c1-9-10(2)19-20-17-12(9)6-15(24-17)16(21)18-7-11-3-4-13-14(5-11)23-8-22-13/h3-6H,7-8H2,1-2H3,(H,18,21). The maximum absolute atomic E-state index is 12.4. The molecule has 0 atom stereocenters. The topological polar surface area (TPSA) is 73.3 Å². The lowest BCUT2D eigenvalue weighted by molar-refractivity contribution is 0.0955. The molecule has 4 rings (SSSR count). The van der Waals surface area contributed by atoms with Gasteiger partial charge in [0.2, 0.25) is 6.79 Å². The lowest BCUT2D eigenvalue weighted by Crippen LogP contribution is -2.21. The Morgan fingerprint density at radius 2 is 2.04 bits per heavy atom. The van der Waals surface area contributed by atoms with Gasteiger partial charge in [0.1, 0.15) is 4.83 Å². The fourth-order valence-corrected chi connectivity index (χ4v) is 3.50. The van der Waals surface area contributed by atoms with E-state index < -0.39 is 0 Å². The summed E-state index contributed by atoms with van der Waals surface area (Å²) in [7, 11) is 0. The van der Waals surface area contributed by atoms with Gasteiger partial charge < -0.3 is 14.8 Å². The molecule has 0 bridgehead atoms. The molecule has 0 fully saturated rings. The maximum atomic E-state index is 12.4. The van der Waals surface area contributed by atoms with Crippen LogP contribution in [-0.4, -0.2) is 22.9 Å². The molecule has 3 heterocycles. The Labute approximate surface area is 142 Å². The van der Waals surface area contributed by atoms with Crippen LogP contribution in [0.5, 0.6) is 11.5 Å². The number of benzene rings is 1. The molecule has 1 N–H and O–H groups in total. The minimum atomic E-state index is -0.118. The highest BCUT2D eigenvalue weighted by Crippen LogP contribution is 2.32. The fourth-order valence-electron chi connectivity index (χ4n) is 2.55. The number of thiophene rings is 1. The molecule has 2 aromatic heterocycles. The van der Waals surface area contributed by atoms with Gasteiger partial charge in [0.05, 0.1) is 10.6 Å². The summed E-state index contributed by atoms with van der Waals surface area (Å²) in [6, 6.07) is 7.53. The highest BCUT2D eigenvalue weighted by molar-refractivity contribution is 7.20. The molecular weight excluding hydrogens is 326 g/mol. The number of carbonyl (C=O) groups is 1. The predicted molar refractivity (Wildman–Crippen MR) is 90.6 cm³/mol. The van der Waals surface area contributed by atoms with Crippen LogP contribution in [0.3, 0.4) is 0 Å². The second-order valence-corrected chi connectivity index (χ2v) is 6.64. The third-order valence-corrected chi connectivity index (χ3v) is 5.08. The highest BCUT2D eigenvalue weighted by Gasteiger charge is 2.16. The first-order valence-electron chi connectivity index (χ1n) is 7.52. The Kier molecular flexibility index (Phi) is 3.57. The first-order chi connectivity index (χ1) is 11.6. The summed E-state index contributed by atoms with van der Waals surface area (Å²) >= 11 is 1.35. The molecule has 0 saturated carbocycles. The average Bonchev–Trinajstić information content (AvgIpc) is 3.22. The summed E-state index contributed by atoms with van der Waals surface area (Å²) in [5.74, 6) is 1.33. The van der Waals surface area contributed by atoms with Crippen LogP contribution in [0, 0.1) is 13.8 Å². The Bertz CT molecular complexity index is 952. The van der Waals surface area contributed by atoms with Crippen LogP contribution in [-0.2, 0) is 6.54 Å². The van der Waals surface area contributed by atoms with Gasteiger partial charge in [0.25, 0.3) is 5.91 Å². The Balaban J connectivity index is 1.51. The first-order valence-corrected chi connectivity index (χ1v) is 8.33.